The fourth-order valence-corrected chi connectivity index (χ4v) is 2.80. The molecule has 116 valence electrons. The molecule has 2 aliphatic heterocycles. The van der Waals surface area contributed by atoms with Crippen molar-refractivity contribution in [2.45, 2.75) is 38.1 Å². The van der Waals surface area contributed by atoms with Gasteiger partial charge in [0.1, 0.15) is 11.6 Å². The van der Waals surface area contributed by atoms with Crippen LogP contribution in [0.4, 0.5) is 24.8 Å². The van der Waals surface area contributed by atoms with Gasteiger partial charge in [-0.25, -0.2) is 9.97 Å². The maximum atomic E-state index is 12.9. The van der Waals surface area contributed by atoms with E-state index in [0.29, 0.717) is 25.5 Å². The monoisotopic (exact) mass is 302 g/mol. The first-order valence-corrected chi connectivity index (χ1v) is 7.06. The van der Waals surface area contributed by atoms with Crippen LogP contribution in [0.2, 0.25) is 0 Å². The summed E-state index contributed by atoms with van der Waals surface area (Å²) in [4.78, 5) is 9.10. The van der Waals surface area contributed by atoms with Crippen molar-refractivity contribution < 1.29 is 17.9 Å². The first-order chi connectivity index (χ1) is 9.95. The van der Waals surface area contributed by atoms with E-state index >= 15 is 0 Å². The minimum absolute atomic E-state index is 0.0932. The number of aromatic nitrogens is 2. The molecule has 2 saturated heterocycles. The summed E-state index contributed by atoms with van der Waals surface area (Å²) in [5.74, 6) is -0.586. The number of alkyl halides is 3. The van der Waals surface area contributed by atoms with Crippen LogP contribution in [0.15, 0.2) is 6.07 Å². The summed E-state index contributed by atoms with van der Waals surface area (Å²) in [6.07, 6.45) is -2.45. The van der Waals surface area contributed by atoms with E-state index in [-0.39, 0.29) is 18.0 Å². The number of fused-ring (bicyclic) bond motifs is 2. The Bertz CT molecular complexity index is 511. The molecule has 21 heavy (non-hydrogen) atoms. The summed E-state index contributed by atoms with van der Waals surface area (Å²) in [6, 6.07) is 1.57. The van der Waals surface area contributed by atoms with Gasteiger partial charge >= 0.3 is 6.18 Å². The van der Waals surface area contributed by atoms with Crippen molar-refractivity contribution >= 4 is 11.6 Å². The topological polar surface area (TPSA) is 50.3 Å². The Balaban J connectivity index is 1.91. The Morgan fingerprint density at radius 2 is 1.95 bits per heavy atom. The highest BCUT2D eigenvalue weighted by Crippen LogP contribution is 2.32. The van der Waals surface area contributed by atoms with Crippen molar-refractivity contribution in [3.05, 3.63) is 11.9 Å². The van der Waals surface area contributed by atoms with Crippen molar-refractivity contribution in [1.29, 1.82) is 0 Å². The minimum Gasteiger partial charge on any atom is -0.371 e. The Morgan fingerprint density at radius 3 is 2.52 bits per heavy atom. The highest BCUT2D eigenvalue weighted by atomic mass is 19.4. The molecule has 1 N–H and O–H groups in total. The highest BCUT2D eigenvalue weighted by Gasteiger charge is 2.38. The van der Waals surface area contributed by atoms with E-state index in [9.17, 15) is 13.2 Å². The summed E-state index contributed by atoms with van der Waals surface area (Å²) < 4.78 is 44.5. The van der Waals surface area contributed by atoms with Gasteiger partial charge in [-0.1, -0.05) is 0 Å². The second kappa shape index (κ2) is 5.32. The number of anilines is 2. The number of nitrogens with one attached hydrogen (secondary N) is 1. The quantitative estimate of drug-likeness (QED) is 0.928. The van der Waals surface area contributed by atoms with E-state index in [1.807, 2.05) is 11.8 Å². The van der Waals surface area contributed by atoms with Crippen LogP contribution in [0, 0.1) is 0 Å². The van der Waals surface area contributed by atoms with Crippen molar-refractivity contribution in [1.82, 2.24) is 9.97 Å². The van der Waals surface area contributed by atoms with Gasteiger partial charge in [-0.15, -0.1) is 0 Å². The zero-order chi connectivity index (χ0) is 15.0. The Morgan fingerprint density at radius 1 is 1.29 bits per heavy atom. The van der Waals surface area contributed by atoms with Gasteiger partial charge < -0.3 is 15.0 Å². The van der Waals surface area contributed by atoms with E-state index in [1.165, 1.54) is 0 Å². The van der Waals surface area contributed by atoms with Crippen molar-refractivity contribution in [2.75, 3.05) is 29.9 Å². The largest absolute Gasteiger partial charge is 0.451 e. The lowest BCUT2D eigenvalue weighted by Crippen LogP contribution is -2.43. The van der Waals surface area contributed by atoms with Crippen LogP contribution in [-0.2, 0) is 10.9 Å². The molecule has 0 spiro atoms. The van der Waals surface area contributed by atoms with Crippen LogP contribution >= 0.6 is 0 Å². The maximum absolute atomic E-state index is 12.9. The van der Waals surface area contributed by atoms with Gasteiger partial charge in [-0.2, -0.15) is 13.2 Å². The third kappa shape index (κ3) is 3.04. The van der Waals surface area contributed by atoms with Gasteiger partial charge in [0, 0.05) is 25.7 Å². The first kappa shape index (κ1) is 14.4. The van der Waals surface area contributed by atoms with Crippen LogP contribution in [0.1, 0.15) is 25.6 Å². The zero-order valence-corrected chi connectivity index (χ0v) is 11.7. The third-order valence-corrected chi connectivity index (χ3v) is 3.69. The fourth-order valence-electron chi connectivity index (χ4n) is 2.80. The van der Waals surface area contributed by atoms with Gasteiger partial charge in [0.15, 0.2) is 0 Å². The van der Waals surface area contributed by atoms with E-state index in [0.717, 1.165) is 12.8 Å². The number of ether oxygens (including phenoxy) is 1. The molecule has 1 aromatic rings. The minimum atomic E-state index is -4.55. The van der Waals surface area contributed by atoms with E-state index in [2.05, 4.69) is 15.3 Å². The number of halogens is 3. The van der Waals surface area contributed by atoms with Crippen molar-refractivity contribution in [3.63, 3.8) is 0 Å². The standard InChI is InChI=1S/C13H17F3N4O/c1-2-17-10-5-11(19-12(18-10)13(14,15)16)20-6-8-3-4-9(7-20)21-8/h5,8-9H,2-4,6-7H2,1H3,(H,17,18,19). The van der Waals surface area contributed by atoms with Crippen LogP contribution < -0.4 is 10.2 Å². The summed E-state index contributed by atoms with van der Waals surface area (Å²) >= 11 is 0. The molecule has 2 fully saturated rings. The van der Waals surface area contributed by atoms with Gasteiger partial charge in [0.2, 0.25) is 5.82 Å². The Kier molecular flexibility index (Phi) is 3.64. The molecule has 1 aromatic heterocycles. The molecule has 2 bridgehead atoms. The predicted octanol–water partition coefficient (Wildman–Crippen LogP) is 2.29. The summed E-state index contributed by atoms with van der Waals surface area (Å²) in [7, 11) is 0. The molecule has 0 amide bonds. The van der Waals surface area contributed by atoms with E-state index < -0.39 is 12.0 Å². The normalized spacial score (nSPS) is 25.2. The average Bonchev–Trinajstić information content (AvgIpc) is 2.76. The SMILES string of the molecule is CCNc1cc(N2CC3CCC(C2)O3)nc(C(F)(F)F)n1. The molecule has 0 aliphatic carbocycles. The molecule has 3 rings (SSSR count). The highest BCUT2D eigenvalue weighted by molar-refractivity contribution is 5.50. The van der Waals surface area contributed by atoms with Gasteiger partial charge in [0.05, 0.1) is 12.2 Å². The summed E-state index contributed by atoms with van der Waals surface area (Å²) in [6.45, 7) is 3.47. The summed E-state index contributed by atoms with van der Waals surface area (Å²) in [5, 5.41) is 2.83. The van der Waals surface area contributed by atoms with E-state index in [4.69, 9.17) is 4.74 Å². The molecule has 3 heterocycles. The van der Waals surface area contributed by atoms with Crippen LogP contribution in [0.25, 0.3) is 0 Å². The average molecular weight is 302 g/mol. The molecule has 5 nitrogen and oxygen atoms in total. The van der Waals surface area contributed by atoms with Crippen molar-refractivity contribution in [3.8, 4) is 0 Å². The second-order valence-electron chi connectivity index (χ2n) is 5.33. The fraction of sp³-hybridized carbons (Fsp3) is 0.692. The molecule has 2 atom stereocenters. The van der Waals surface area contributed by atoms with Crippen LogP contribution in [-0.4, -0.2) is 41.8 Å². The lowest BCUT2D eigenvalue weighted by atomic mass is 10.2. The maximum Gasteiger partial charge on any atom is 0.451 e. The lowest BCUT2D eigenvalue weighted by Gasteiger charge is -2.33. The molecule has 2 aliphatic rings. The Hall–Kier alpha value is -1.57. The number of hydrogen-bond donors (Lipinski definition) is 1. The van der Waals surface area contributed by atoms with Gasteiger partial charge in [-0.05, 0) is 19.8 Å². The smallest absolute Gasteiger partial charge is 0.371 e. The Labute approximate surface area is 120 Å². The van der Waals surface area contributed by atoms with Gasteiger partial charge in [0.25, 0.3) is 0 Å². The summed E-state index contributed by atoms with van der Waals surface area (Å²) in [5.41, 5.74) is 0. The van der Waals surface area contributed by atoms with Crippen molar-refractivity contribution in [2.24, 2.45) is 0 Å². The number of nitrogens with zero attached hydrogens (tertiary/aromatic N) is 3. The number of hydrogen-bond acceptors (Lipinski definition) is 5. The molecular weight excluding hydrogens is 285 g/mol. The van der Waals surface area contributed by atoms with Crippen LogP contribution in [0.5, 0.6) is 0 Å². The lowest BCUT2D eigenvalue weighted by molar-refractivity contribution is -0.144. The molecule has 2 unspecified atom stereocenters. The first-order valence-electron chi connectivity index (χ1n) is 7.06. The van der Waals surface area contributed by atoms with E-state index in [1.54, 1.807) is 6.07 Å². The number of rotatable bonds is 3. The molecule has 0 aromatic carbocycles. The second-order valence-corrected chi connectivity index (χ2v) is 5.33. The third-order valence-electron chi connectivity index (χ3n) is 3.69. The predicted molar refractivity (Wildman–Crippen MR) is 71.3 cm³/mol. The molecule has 0 saturated carbocycles. The molecular formula is C13H17F3N4O. The van der Waals surface area contributed by atoms with Crippen LogP contribution in [0.3, 0.4) is 0 Å². The number of morpholine rings is 1. The zero-order valence-electron chi connectivity index (χ0n) is 11.7. The van der Waals surface area contributed by atoms with Gasteiger partial charge in [-0.3, -0.25) is 0 Å². The molecule has 0 radical (unpaired) electrons. The molecule has 8 heteroatoms.